The summed E-state index contributed by atoms with van der Waals surface area (Å²) in [5.74, 6) is 0.781. The van der Waals surface area contributed by atoms with Crippen molar-refractivity contribution in [2.24, 2.45) is 10.8 Å². The molecule has 0 unspecified atom stereocenters. The fraction of sp³-hybridized carbons (Fsp3) is 0.367. The number of benzene rings is 2. The molecule has 0 saturated carbocycles. The van der Waals surface area contributed by atoms with E-state index in [1.165, 1.54) is 0 Å². The van der Waals surface area contributed by atoms with E-state index in [2.05, 4.69) is 27.7 Å². The molecular formula is C30H29ClO5. The van der Waals surface area contributed by atoms with E-state index in [1.807, 2.05) is 12.1 Å². The summed E-state index contributed by atoms with van der Waals surface area (Å²) in [6.07, 6.45) is 2.10. The first-order valence-corrected chi connectivity index (χ1v) is 12.6. The van der Waals surface area contributed by atoms with E-state index >= 15 is 0 Å². The normalized spacial score (nSPS) is 21.0. The first kappa shape index (κ1) is 24.5. The molecule has 2 aromatic carbocycles. The van der Waals surface area contributed by atoms with Gasteiger partial charge in [0.1, 0.15) is 17.3 Å². The molecule has 2 aromatic rings. The van der Waals surface area contributed by atoms with Crippen LogP contribution in [-0.4, -0.2) is 17.5 Å². The van der Waals surface area contributed by atoms with E-state index in [9.17, 15) is 14.4 Å². The predicted molar refractivity (Wildman–Crippen MR) is 137 cm³/mol. The van der Waals surface area contributed by atoms with Gasteiger partial charge in [-0.1, -0.05) is 57.5 Å². The van der Waals surface area contributed by atoms with Crippen LogP contribution in [0.1, 0.15) is 75.2 Å². The fourth-order valence-corrected chi connectivity index (χ4v) is 5.71. The number of hydrogen-bond donors (Lipinski definition) is 0. The molecule has 1 aliphatic heterocycles. The van der Waals surface area contributed by atoms with E-state index in [1.54, 1.807) is 36.4 Å². The molecule has 0 N–H and O–H groups in total. The first-order chi connectivity index (χ1) is 16.9. The molecule has 1 heterocycles. The van der Waals surface area contributed by atoms with E-state index in [0.717, 1.165) is 5.56 Å². The van der Waals surface area contributed by atoms with E-state index < -0.39 is 11.9 Å². The van der Waals surface area contributed by atoms with Crippen molar-refractivity contribution in [3.05, 3.63) is 87.3 Å². The standard InChI is InChI=1S/C30H29ClO5/c1-29(2)13-21(32)26-23(15-29)36-24-16-30(3,4)14-22(33)27(24)25(26)17-8-10-20(11-9-17)35-28(34)18-6-5-7-19(31)12-18/h5-12,25H,13-16H2,1-4H3. The molecule has 0 aromatic heterocycles. The van der Waals surface area contributed by atoms with Gasteiger partial charge in [-0.05, 0) is 46.7 Å². The number of esters is 1. The number of carbonyl (C=O) groups is 3. The van der Waals surface area contributed by atoms with Crippen molar-refractivity contribution >= 4 is 29.1 Å². The SMILES string of the molecule is CC1(C)CC(=O)C2=C(C1)OC1=C(C(=O)CC(C)(C)C1)C2c1ccc(OC(=O)c2cccc(Cl)c2)cc1. The van der Waals surface area contributed by atoms with Crippen LogP contribution in [0.4, 0.5) is 0 Å². The summed E-state index contributed by atoms with van der Waals surface area (Å²) < 4.78 is 11.9. The Kier molecular flexibility index (Phi) is 5.95. The van der Waals surface area contributed by atoms with Crippen LogP contribution in [0, 0.1) is 10.8 Å². The van der Waals surface area contributed by atoms with Gasteiger partial charge < -0.3 is 9.47 Å². The molecule has 36 heavy (non-hydrogen) atoms. The average molecular weight is 505 g/mol. The van der Waals surface area contributed by atoms with Gasteiger partial charge in [-0.25, -0.2) is 4.79 Å². The number of allylic oxidation sites excluding steroid dienone is 4. The van der Waals surface area contributed by atoms with Gasteiger partial charge in [0.2, 0.25) is 0 Å². The second kappa shape index (κ2) is 8.74. The maximum atomic E-state index is 13.4. The third-order valence-electron chi connectivity index (χ3n) is 7.07. The van der Waals surface area contributed by atoms with Crippen molar-refractivity contribution in [3.63, 3.8) is 0 Å². The Balaban J connectivity index is 1.51. The van der Waals surface area contributed by atoms with Crippen molar-refractivity contribution < 1.29 is 23.9 Å². The predicted octanol–water partition coefficient (Wildman–Crippen LogP) is 6.96. The monoisotopic (exact) mass is 504 g/mol. The summed E-state index contributed by atoms with van der Waals surface area (Å²) in [5, 5.41) is 0.452. The molecule has 2 aliphatic carbocycles. The number of halogens is 1. The summed E-state index contributed by atoms with van der Waals surface area (Å²) >= 11 is 5.99. The number of rotatable bonds is 3. The van der Waals surface area contributed by atoms with Crippen LogP contribution in [0.15, 0.2) is 71.2 Å². The smallest absolute Gasteiger partial charge is 0.343 e. The van der Waals surface area contributed by atoms with Crippen LogP contribution in [0.2, 0.25) is 5.02 Å². The summed E-state index contributed by atoms with van der Waals surface area (Å²) in [5.41, 5.74) is 1.93. The van der Waals surface area contributed by atoms with Gasteiger partial charge in [0.15, 0.2) is 11.6 Å². The van der Waals surface area contributed by atoms with Crippen LogP contribution in [-0.2, 0) is 14.3 Å². The third kappa shape index (κ3) is 4.64. The van der Waals surface area contributed by atoms with Crippen molar-refractivity contribution in [2.75, 3.05) is 0 Å². The Hall–Kier alpha value is -3.18. The van der Waals surface area contributed by atoms with Crippen LogP contribution < -0.4 is 4.74 Å². The van der Waals surface area contributed by atoms with Crippen molar-refractivity contribution in [3.8, 4) is 5.75 Å². The average Bonchev–Trinajstić information content (AvgIpc) is 2.76. The number of ketones is 2. The van der Waals surface area contributed by atoms with Gasteiger partial charge in [0, 0.05) is 47.8 Å². The molecule has 0 spiro atoms. The molecular weight excluding hydrogens is 476 g/mol. The van der Waals surface area contributed by atoms with Crippen LogP contribution in [0.3, 0.4) is 0 Å². The minimum atomic E-state index is -0.513. The number of carbonyl (C=O) groups excluding carboxylic acids is 3. The maximum absolute atomic E-state index is 13.4. The lowest BCUT2D eigenvalue weighted by molar-refractivity contribution is -0.120. The van der Waals surface area contributed by atoms with Gasteiger partial charge >= 0.3 is 5.97 Å². The molecule has 5 nitrogen and oxygen atoms in total. The lowest BCUT2D eigenvalue weighted by atomic mass is 9.65. The van der Waals surface area contributed by atoms with Crippen molar-refractivity contribution in [1.82, 2.24) is 0 Å². The van der Waals surface area contributed by atoms with Crippen LogP contribution >= 0.6 is 11.6 Å². The molecule has 0 atom stereocenters. The first-order valence-electron chi connectivity index (χ1n) is 12.2. The van der Waals surface area contributed by atoms with Gasteiger partial charge in [-0.3, -0.25) is 9.59 Å². The molecule has 3 aliphatic rings. The quantitative estimate of drug-likeness (QED) is 0.334. The van der Waals surface area contributed by atoms with Gasteiger partial charge in [0.05, 0.1) is 5.56 Å². The fourth-order valence-electron chi connectivity index (χ4n) is 5.52. The zero-order valence-electron chi connectivity index (χ0n) is 20.9. The van der Waals surface area contributed by atoms with E-state index in [0.29, 0.717) is 64.7 Å². The minimum Gasteiger partial charge on any atom is -0.465 e. The summed E-state index contributed by atoms with van der Waals surface area (Å²) in [4.78, 5) is 39.3. The van der Waals surface area contributed by atoms with Gasteiger partial charge in [-0.2, -0.15) is 0 Å². The lowest BCUT2D eigenvalue weighted by Crippen LogP contribution is -2.37. The zero-order chi connectivity index (χ0) is 25.8. The van der Waals surface area contributed by atoms with Gasteiger partial charge in [0.25, 0.3) is 0 Å². The summed E-state index contributed by atoms with van der Waals surface area (Å²) in [7, 11) is 0. The molecule has 186 valence electrons. The van der Waals surface area contributed by atoms with E-state index in [-0.39, 0.29) is 22.4 Å². The Morgan fingerprint density at radius 2 is 1.42 bits per heavy atom. The Morgan fingerprint density at radius 1 is 0.861 bits per heavy atom. The summed E-state index contributed by atoms with van der Waals surface area (Å²) in [6, 6.07) is 13.6. The molecule has 0 bridgehead atoms. The Labute approximate surface area is 216 Å². The largest absolute Gasteiger partial charge is 0.465 e. The minimum absolute atomic E-state index is 0.0203. The Bertz CT molecular complexity index is 1290. The highest BCUT2D eigenvalue weighted by molar-refractivity contribution is 6.30. The topological polar surface area (TPSA) is 69.7 Å². The molecule has 0 radical (unpaired) electrons. The van der Waals surface area contributed by atoms with Gasteiger partial charge in [-0.15, -0.1) is 0 Å². The maximum Gasteiger partial charge on any atom is 0.343 e. The highest BCUT2D eigenvalue weighted by atomic mass is 35.5. The number of hydrogen-bond acceptors (Lipinski definition) is 5. The second-order valence-corrected chi connectivity index (χ2v) is 12.0. The Morgan fingerprint density at radius 3 is 1.94 bits per heavy atom. The third-order valence-corrected chi connectivity index (χ3v) is 7.30. The molecule has 6 heteroatoms. The molecule has 0 amide bonds. The second-order valence-electron chi connectivity index (χ2n) is 11.6. The van der Waals surface area contributed by atoms with E-state index in [4.69, 9.17) is 21.1 Å². The highest BCUT2D eigenvalue weighted by Gasteiger charge is 2.47. The molecule has 0 fully saturated rings. The highest BCUT2D eigenvalue weighted by Crippen LogP contribution is 2.53. The van der Waals surface area contributed by atoms with Crippen LogP contribution in [0.5, 0.6) is 5.75 Å². The number of ether oxygens (including phenoxy) is 2. The summed E-state index contributed by atoms with van der Waals surface area (Å²) in [6.45, 7) is 8.26. The van der Waals surface area contributed by atoms with Crippen molar-refractivity contribution in [2.45, 2.75) is 59.3 Å². The molecule has 5 rings (SSSR count). The van der Waals surface area contributed by atoms with Crippen LogP contribution in [0.25, 0.3) is 0 Å². The lowest BCUT2D eigenvalue weighted by Gasteiger charge is -2.42. The molecule has 0 saturated heterocycles. The zero-order valence-corrected chi connectivity index (χ0v) is 21.7. The van der Waals surface area contributed by atoms with Crippen molar-refractivity contribution in [1.29, 1.82) is 0 Å². The number of Topliss-reactive ketones (excluding diaryl/α,β-unsaturated/α-hetero) is 2.